The van der Waals surface area contributed by atoms with Gasteiger partial charge in [0.25, 0.3) is 0 Å². The summed E-state index contributed by atoms with van der Waals surface area (Å²) in [6, 6.07) is 16.0. The molecule has 1 aromatic heterocycles. The number of hydrogen-bond donors (Lipinski definition) is 0. The molecule has 2 heterocycles. The van der Waals surface area contributed by atoms with Crippen LogP contribution >= 0.6 is 0 Å². The number of rotatable bonds is 6. The Labute approximate surface area is 143 Å². The standard InChI is InChI=1S/C20H24N2O2/c23-20(11-6-9-17-7-2-1-3-8-17)22-15-12-18(13-16-22)24-19-10-4-5-14-21-19/h1-5,7-8,10,14,18H,6,9,11-13,15-16H2. The third-order valence-corrected chi connectivity index (χ3v) is 4.42. The van der Waals surface area contributed by atoms with Crippen LogP contribution in [-0.4, -0.2) is 35.0 Å². The van der Waals surface area contributed by atoms with E-state index in [-0.39, 0.29) is 12.0 Å². The van der Waals surface area contributed by atoms with Crippen LogP contribution < -0.4 is 4.74 Å². The topological polar surface area (TPSA) is 42.4 Å². The molecule has 3 rings (SSSR count). The predicted octanol–water partition coefficient (Wildman–Crippen LogP) is 3.47. The second-order valence-corrected chi connectivity index (χ2v) is 6.21. The zero-order valence-electron chi connectivity index (χ0n) is 13.9. The zero-order valence-corrected chi connectivity index (χ0v) is 13.9. The van der Waals surface area contributed by atoms with Crippen molar-refractivity contribution in [1.82, 2.24) is 9.88 Å². The SMILES string of the molecule is O=C(CCCc1ccccc1)N1CCC(Oc2ccccn2)CC1. The van der Waals surface area contributed by atoms with E-state index in [0.717, 1.165) is 38.8 Å². The van der Waals surface area contributed by atoms with Gasteiger partial charge in [-0.25, -0.2) is 4.98 Å². The first kappa shape index (κ1) is 16.5. The van der Waals surface area contributed by atoms with Gasteiger partial charge < -0.3 is 9.64 Å². The number of carbonyl (C=O) groups is 1. The normalized spacial score (nSPS) is 15.2. The van der Waals surface area contributed by atoms with Gasteiger partial charge >= 0.3 is 0 Å². The van der Waals surface area contributed by atoms with Crippen LogP contribution in [0.4, 0.5) is 0 Å². The molecule has 0 bridgehead atoms. The van der Waals surface area contributed by atoms with Crippen LogP contribution in [-0.2, 0) is 11.2 Å². The number of ether oxygens (including phenoxy) is 1. The van der Waals surface area contributed by atoms with Gasteiger partial charge in [0, 0.05) is 44.6 Å². The Kier molecular flexibility index (Phi) is 5.83. The zero-order chi connectivity index (χ0) is 16.6. The largest absolute Gasteiger partial charge is 0.474 e. The van der Waals surface area contributed by atoms with Gasteiger partial charge in [-0.15, -0.1) is 0 Å². The van der Waals surface area contributed by atoms with Gasteiger partial charge in [0.15, 0.2) is 0 Å². The summed E-state index contributed by atoms with van der Waals surface area (Å²) in [6.07, 6.45) is 6.15. The number of benzene rings is 1. The van der Waals surface area contributed by atoms with E-state index < -0.39 is 0 Å². The minimum Gasteiger partial charge on any atom is -0.474 e. The van der Waals surface area contributed by atoms with Crippen molar-refractivity contribution in [2.24, 2.45) is 0 Å². The summed E-state index contributed by atoms with van der Waals surface area (Å²) < 4.78 is 5.87. The lowest BCUT2D eigenvalue weighted by molar-refractivity contribution is -0.133. The number of aryl methyl sites for hydroxylation is 1. The summed E-state index contributed by atoms with van der Waals surface area (Å²) in [7, 11) is 0. The van der Waals surface area contributed by atoms with Crippen LogP contribution in [0.15, 0.2) is 54.7 Å². The molecule has 0 atom stereocenters. The first-order chi connectivity index (χ1) is 11.8. The maximum Gasteiger partial charge on any atom is 0.222 e. The Morgan fingerprint density at radius 3 is 2.54 bits per heavy atom. The number of piperidine rings is 1. The van der Waals surface area contributed by atoms with Crippen molar-refractivity contribution in [1.29, 1.82) is 0 Å². The van der Waals surface area contributed by atoms with Crippen LogP contribution in [0, 0.1) is 0 Å². The molecule has 1 amide bonds. The Morgan fingerprint density at radius 1 is 1.08 bits per heavy atom. The van der Waals surface area contributed by atoms with E-state index in [9.17, 15) is 4.79 Å². The van der Waals surface area contributed by atoms with Crippen molar-refractivity contribution in [3.05, 3.63) is 60.3 Å². The lowest BCUT2D eigenvalue weighted by Gasteiger charge is -2.32. The average molecular weight is 324 g/mol. The number of carbonyl (C=O) groups excluding carboxylic acids is 1. The third kappa shape index (κ3) is 4.82. The van der Waals surface area contributed by atoms with Gasteiger partial charge in [-0.1, -0.05) is 36.4 Å². The molecular weight excluding hydrogens is 300 g/mol. The van der Waals surface area contributed by atoms with Gasteiger partial charge in [-0.3, -0.25) is 4.79 Å². The van der Waals surface area contributed by atoms with E-state index in [0.29, 0.717) is 12.3 Å². The predicted molar refractivity (Wildman–Crippen MR) is 93.8 cm³/mol. The number of pyridine rings is 1. The Balaban J connectivity index is 1.37. The van der Waals surface area contributed by atoms with E-state index in [4.69, 9.17) is 4.74 Å². The van der Waals surface area contributed by atoms with Crippen LogP contribution in [0.25, 0.3) is 0 Å². The average Bonchev–Trinajstić information content (AvgIpc) is 2.64. The molecular formula is C20H24N2O2. The third-order valence-electron chi connectivity index (χ3n) is 4.42. The molecule has 0 saturated carbocycles. The summed E-state index contributed by atoms with van der Waals surface area (Å²) in [5.41, 5.74) is 1.30. The summed E-state index contributed by atoms with van der Waals surface area (Å²) in [5, 5.41) is 0. The fourth-order valence-corrected chi connectivity index (χ4v) is 3.06. The molecule has 1 aromatic carbocycles. The van der Waals surface area contributed by atoms with E-state index in [1.54, 1.807) is 6.20 Å². The monoisotopic (exact) mass is 324 g/mol. The summed E-state index contributed by atoms with van der Waals surface area (Å²) >= 11 is 0. The highest BCUT2D eigenvalue weighted by atomic mass is 16.5. The van der Waals surface area contributed by atoms with E-state index in [1.807, 2.05) is 41.3 Å². The number of nitrogens with zero attached hydrogens (tertiary/aromatic N) is 2. The molecule has 126 valence electrons. The van der Waals surface area contributed by atoms with Gasteiger partial charge in [0.2, 0.25) is 11.8 Å². The summed E-state index contributed by atoms with van der Waals surface area (Å²) in [4.78, 5) is 18.5. The molecule has 0 radical (unpaired) electrons. The number of amides is 1. The first-order valence-corrected chi connectivity index (χ1v) is 8.70. The van der Waals surface area contributed by atoms with Crippen LogP contribution in [0.1, 0.15) is 31.2 Å². The Morgan fingerprint density at radius 2 is 1.83 bits per heavy atom. The second-order valence-electron chi connectivity index (χ2n) is 6.21. The lowest BCUT2D eigenvalue weighted by atomic mass is 10.1. The molecule has 1 aliphatic heterocycles. The molecule has 0 unspecified atom stereocenters. The van der Waals surface area contributed by atoms with Crippen LogP contribution in [0.2, 0.25) is 0 Å². The highest BCUT2D eigenvalue weighted by molar-refractivity contribution is 5.76. The lowest BCUT2D eigenvalue weighted by Crippen LogP contribution is -2.41. The van der Waals surface area contributed by atoms with Crippen molar-refractivity contribution in [2.45, 2.75) is 38.2 Å². The maximum atomic E-state index is 12.3. The number of hydrogen-bond acceptors (Lipinski definition) is 3. The van der Waals surface area contributed by atoms with Crippen molar-refractivity contribution < 1.29 is 9.53 Å². The Bertz CT molecular complexity index is 623. The molecule has 0 N–H and O–H groups in total. The van der Waals surface area contributed by atoms with E-state index in [1.165, 1.54) is 5.56 Å². The Hall–Kier alpha value is -2.36. The highest BCUT2D eigenvalue weighted by Gasteiger charge is 2.23. The molecule has 4 heteroatoms. The van der Waals surface area contributed by atoms with Gasteiger partial charge in [0.05, 0.1) is 0 Å². The first-order valence-electron chi connectivity index (χ1n) is 8.70. The molecule has 24 heavy (non-hydrogen) atoms. The van der Waals surface area contributed by atoms with Crippen molar-refractivity contribution in [3.8, 4) is 5.88 Å². The van der Waals surface area contributed by atoms with Gasteiger partial charge in [-0.05, 0) is 24.5 Å². The summed E-state index contributed by atoms with van der Waals surface area (Å²) in [6.45, 7) is 1.56. The van der Waals surface area contributed by atoms with Crippen molar-refractivity contribution in [3.63, 3.8) is 0 Å². The summed E-state index contributed by atoms with van der Waals surface area (Å²) in [5.74, 6) is 0.937. The quantitative estimate of drug-likeness (QED) is 0.817. The van der Waals surface area contributed by atoms with E-state index >= 15 is 0 Å². The van der Waals surface area contributed by atoms with Crippen LogP contribution in [0.3, 0.4) is 0 Å². The van der Waals surface area contributed by atoms with Crippen LogP contribution in [0.5, 0.6) is 5.88 Å². The molecule has 4 nitrogen and oxygen atoms in total. The second kappa shape index (κ2) is 8.48. The molecule has 0 spiro atoms. The number of aromatic nitrogens is 1. The molecule has 1 fully saturated rings. The molecule has 1 aliphatic rings. The molecule has 2 aromatic rings. The van der Waals surface area contributed by atoms with Crippen molar-refractivity contribution in [2.75, 3.05) is 13.1 Å². The molecule has 0 aliphatic carbocycles. The number of likely N-dealkylation sites (tertiary alicyclic amines) is 1. The van der Waals surface area contributed by atoms with Gasteiger partial charge in [0.1, 0.15) is 6.10 Å². The molecule has 1 saturated heterocycles. The fraction of sp³-hybridized carbons (Fsp3) is 0.400. The minimum absolute atomic E-state index is 0.160. The van der Waals surface area contributed by atoms with Crippen molar-refractivity contribution >= 4 is 5.91 Å². The van der Waals surface area contributed by atoms with Gasteiger partial charge in [-0.2, -0.15) is 0 Å². The van der Waals surface area contributed by atoms with E-state index in [2.05, 4.69) is 17.1 Å². The smallest absolute Gasteiger partial charge is 0.222 e. The fourth-order valence-electron chi connectivity index (χ4n) is 3.06. The maximum absolute atomic E-state index is 12.3. The highest BCUT2D eigenvalue weighted by Crippen LogP contribution is 2.18. The minimum atomic E-state index is 0.160.